The van der Waals surface area contributed by atoms with Crippen molar-refractivity contribution in [3.8, 4) is 11.1 Å². The molecule has 34 heavy (non-hydrogen) atoms. The van der Waals surface area contributed by atoms with Crippen LogP contribution in [0.1, 0.15) is 40.9 Å². The van der Waals surface area contributed by atoms with Gasteiger partial charge in [-0.15, -0.1) is 0 Å². The molecular formula is C25H26N4O5. The van der Waals surface area contributed by atoms with Crippen LogP contribution in [-0.2, 0) is 16.6 Å². The van der Waals surface area contributed by atoms with Gasteiger partial charge in [-0.2, -0.15) is 5.10 Å². The van der Waals surface area contributed by atoms with Gasteiger partial charge < -0.3 is 15.2 Å². The third-order valence-corrected chi connectivity index (χ3v) is 6.04. The predicted molar refractivity (Wildman–Crippen MR) is 126 cm³/mol. The number of carbonyl (C=O) groups excluding carboxylic acids is 2. The quantitative estimate of drug-likeness (QED) is 0.470. The fourth-order valence-corrected chi connectivity index (χ4v) is 4.15. The van der Waals surface area contributed by atoms with Gasteiger partial charge in [-0.3, -0.25) is 19.6 Å². The zero-order valence-electron chi connectivity index (χ0n) is 18.9. The van der Waals surface area contributed by atoms with E-state index in [0.717, 1.165) is 22.3 Å². The summed E-state index contributed by atoms with van der Waals surface area (Å²) < 4.78 is 6.88. The number of nitrogens with one attached hydrogen (secondary N) is 2. The Balaban J connectivity index is 1.38. The van der Waals surface area contributed by atoms with Gasteiger partial charge in [-0.25, -0.2) is 4.79 Å². The lowest BCUT2D eigenvalue weighted by atomic mass is 9.98. The van der Waals surface area contributed by atoms with Crippen LogP contribution in [0.15, 0.2) is 54.6 Å². The van der Waals surface area contributed by atoms with Gasteiger partial charge in [0.2, 0.25) is 0 Å². The number of nitrogens with zero attached hydrogens (tertiary/aromatic N) is 2. The molecule has 0 radical (unpaired) electrons. The van der Waals surface area contributed by atoms with Crippen molar-refractivity contribution in [1.29, 1.82) is 0 Å². The molecule has 0 spiro atoms. The van der Waals surface area contributed by atoms with E-state index in [4.69, 9.17) is 9.84 Å². The van der Waals surface area contributed by atoms with E-state index in [-0.39, 0.29) is 30.6 Å². The molecule has 1 aliphatic rings. The van der Waals surface area contributed by atoms with E-state index in [9.17, 15) is 14.4 Å². The summed E-state index contributed by atoms with van der Waals surface area (Å²) >= 11 is 0. The molecule has 0 aliphatic heterocycles. The van der Waals surface area contributed by atoms with E-state index in [0.29, 0.717) is 6.42 Å². The standard InChI is InChI=1S/C25H26N4O5/c1-3-15(24(31)32)13-26-23(30)21-12-22(29(2)28-21)27-25(33)34-14-20-18-10-6-4-8-16(18)17-9-5-7-11-19(17)20/h4-12,15,20H,3,13-14H2,1-2H3,(H,26,30)(H,27,33)(H,31,32). The van der Waals surface area contributed by atoms with Crippen LogP contribution < -0.4 is 10.6 Å². The lowest BCUT2D eigenvalue weighted by Gasteiger charge is -2.14. The van der Waals surface area contributed by atoms with Crippen molar-refractivity contribution in [2.24, 2.45) is 13.0 Å². The fourth-order valence-electron chi connectivity index (χ4n) is 4.15. The maximum absolute atomic E-state index is 12.5. The minimum atomic E-state index is -0.971. The number of carboxylic acid groups (broad SMARTS) is 1. The van der Waals surface area contributed by atoms with Gasteiger partial charge in [0.15, 0.2) is 5.69 Å². The van der Waals surface area contributed by atoms with Gasteiger partial charge in [-0.1, -0.05) is 55.5 Å². The highest BCUT2D eigenvalue weighted by Gasteiger charge is 2.29. The summed E-state index contributed by atoms with van der Waals surface area (Å²) in [4.78, 5) is 36.0. The number of ether oxygens (including phenoxy) is 1. The number of amides is 2. The molecule has 0 bridgehead atoms. The van der Waals surface area contributed by atoms with Crippen LogP contribution in [0.4, 0.5) is 10.6 Å². The first-order valence-corrected chi connectivity index (χ1v) is 11.1. The molecule has 1 heterocycles. The third-order valence-electron chi connectivity index (χ3n) is 6.04. The Morgan fingerprint density at radius 1 is 1.09 bits per heavy atom. The molecule has 0 fully saturated rings. The molecular weight excluding hydrogens is 436 g/mol. The highest BCUT2D eigenvalue weighted by atomic mass is 16.5. The summed E-state index contributed by atoms with van der Waals surface area (Å²) in [7, 11) is 1.59. The molecule has 1 aromatic heterocycles. The number of aliphatic carboxylic acids is 1. The van der Waals surface area contributed by atoms with E-state index in [2.05, 4.69) is 27.9 Å². The van der Waals surface area contributed by atoms with Gasteiger partial charge in [0, 0.05) is 25.6 Å². The molecule has 1 unspecified atom stereocenters. The number of anilines is 1. The fraction of sp³-hybridized carbons (Fsp3) is 0.280. The Bertz CT molecular complexity index is 1190. The number of benzene rings is 2. The number of fused-ring (bicyclic) bond motifs is 3. The molecule has 3 N–H and O–H groups in total. The van der Waals surface area contributed by atoms with Crippen molar-refractivity contribution < 1.29 is 24.2 Å². The Hall–Kier alpha value is -4.14. The van der Waals surface area contributed by atoms with Crippen molar-refractivity contribution in [3.05, 3.63) is 71.4 Å². The minimum Gasteiger partial charge on any atom is -0.481 e. The number of aryl methyl sites for hydroxylation is 1. The monoisotopic (exact) mass is 462 g/mol. The van der Waals surface area contributed by atoms with Gasteiger partial charge >= 0.3 is 12.1 Å². The Kier molecular flexibility index (Phi) is 6.62. The highest BCUT2D eigenvalue weighted by molar-refractivity contribution is 5.94. The number of rotatable bonds is 8. The molecule has 3 aromatic rings. The van der Waals surface area contributed by atoms with Crippen molar-refractivity contribution in [2.75, 3.05) is 18.5 Å². The molecule has 9 heteroatoms. The topological polar surface area (TPSA) is 123 Å². The Morgan fingerprint density at radius 3 is 2.29 bits per heavy atom. The van der Waals surface area contributed by atoms with Gasteiger partial charge in [0.1, 0.15) is 12.4 Å². The number of carboxylic acids is 1. The molecule has 9 nitrogen and oxygen atoms in total. The van der Waals surface area contributed by atoms with Crippen LogP contribution in [-0.4, -0.2) is 46.0 Å². The summed E-state index contributed by atoms with van der Waals surface area (Å²) in [5.74, 6) is -1.94. The van der Waals surface area contributed by atoms with Gasteiger partial charge in [-0.05, 0) is 28.7 Å². The average molecular weight is 463 g/mol. The first-order chi connectivity index (χ1) is 16.4. The number of carbonyl (C=O) groups is 3. The van der Waals surface area contributed by atoms with E-state index in [1.165, 1.54) is 10.7 Å². The molecule has 1 aliphatic carbocycles. The van der Waals surface area contributed by atoms with E-state index in [1.807, 2.05) is 36.4 Å². The van der Waals surface area contributed by atoms with Crippen molar-refractivity contribution >= 4 is 23.8 Å². The summed E-state index contributed by atoms with van der Waals surface area (Å²) in [6.07, 6.45) is -0.263. The van der Waals surface area contributed by atoms with Crippen molar-refractivity contribution in [2.45, 2.75) is 19.3 Å². The lowest BCUT2D eigenvalue weighted by molar-refractivity contribution is -0.141. The second-order valence-electron chi connectivity index (χ2n) is 8.14. The number of hydrogen-bond donors (Lipinski definition) is 3. The van der Waals surface area contributed by atoms with Crippen molar-refractivity contribution in [1.82, 2.24) is 15.1 Å². The SMILES string of the molecule is CCC(CNC(=O)c1cc(NC(=O)OCC2c3ccccc3-c3ccccc32)n(C)n1)C(=O)O. The summed E-state index contributed by atoms with van der Waals surface area (Å²) in [5.41, 5.74) is 4.58. The third kappa shape index (κ3) is 4.63. The summed E-state index contributed by atoms with van der Waals surface area (Å²) in [5, 5.41) is 18.4. The van der Waals surface area contributed by atoms with Crippen LogP contribution in [0.5, 0.6) is 0 Å². The zero-order chi connectivity index (χ0) is 24.2. The number of hydrogen-bond acceptors (Lipinski definition) is 5. The molecule has 0 saturated heterocycles. The normalized spacial score (nSPS) is 13.0. The first kappa shape index (κ1) is 23.0. The largest absolute Gasteiger partial charge is 0.481 e. The second-order valence-corrected chi connectivity index (χ2v) is 8.14. The Labute approximate surface area is 196 Å². The van der Waals surface area contributed by atoms with E-state index >= 15 is 0 Å². The van der Waals surface area contributed by atoms with Crippen LogP contribution in [0.2, 0.25) is 0 Å². The zero-order valence-corrected chi connectivity index (χ0v) is 18.9. The van der Waals surface area contributed by atoms with E-state index in [1.54, 1.807) is 14.0 Å². The smallest absolute Gasteiger partial charge is 0.412 e. The van der Waals surface area contributed by atoms with Gasteiger partial charge in [0.05, 0.1) is 5.92 Å². The molecule has 2 amide bonds. The lowest BCUT2D eigenvalue weighted by Crippen LogP contribution is -2.32. The maximum Gasteiger partial charge on any atom is 0.412 e. The molecule has 0 saturated carbocycles. The molecule has 4 rings (SSSR count). The predicted octanol–water partition coefficient (Wildman–Crippen LogP) is 3.62. The highest BCUT2D eigenvalue weighted by Crippen LogP contribution is 2.44. The Morgan fingerprint density at radius 2 is 1.71 bits per heavy atom. The minimum absolute atomic E-state index is 0.00359. The maximum atomic E-state index is 12.5. The summed E-state index contributed by atoms with van der Waals surface area (Å²) in [6, 6.07) is 17.6. The molecule has 2 aromatic carbocycles. The van der Waals surface area contributed by atoms with Crippen LogP contribution in [0.3, 0.4) is 0 Å². The van der Waals surface area contributed by atoms with E-state index < -0.39 is 23.9 Å². The van der Waals surface area contributed by atoms with Crippen LogP contribution in [0.25, 0.3) is 11.1 Å². The van der Waals surface area contributed by atoms with Crippen LogP contribution >= 0.6 is 0 Å². The molecule has 176 valence electrons. The van der Waals surface area contributed by atoms with Gasteiger partial charge in [0.25, 0.3) is 5.91 Å². The summed E-state index contributed by atoms with van der Waals surface area (Å²) in [6.45, 7) is 1.90. The van der Waals surface area contributed by atoms with Crippen LogP contribution in [0, 0.1) is 5.92 Å². The van der Waals surface area contributed by atoms with Crippen molar-refractivity contribution in [3.63, 3.8) is 0 Å². The number of aromatic nitrogens is 2. The second kappa shape index (κ2) is 9.78. The average Bonchev–Trinajstić information content (AvgIpc) is 3.35. The molecule has 1 atom stereocenters. The first-order valence-electron chi connectivity index (χ1n) is 11.1.